The molecule has 1 aromatic heterocycles. The molecule has 3 heteroatoms. The van der Waals surface area contributed by atoms with Gasteiger partial charge in [-0.15, -0.1) is 0 Å². The van der Waals surface area contributed by atoms with Crippen molar-refractivity contribution in [3.8, 4) is 0 Å². The van der Waals surface area contributed by atoms with Crippen LogP contribution < -0.4 is 0 Å². The van der Waals surface area contributed by atoms with Crippen LogP contribution in [0, 0.1) is 0 Å². The molecule has 0 atom stereocenters. The van der Waals surface area contributed by atoms with Crippen LogP contribution in [0.3, 0.4) is 0 Å². The SMILES string of the molecule is O=C(O)CCc1ccccn1. The van der Waals surface area contributed by atoms with E-state index in [4.69, 9.17) is 5.11 Å². The normalized spacial score (nSPS) is 9.45. The van der Waals surface area contributed by atoms with Gasteiger partial charge in [0.25, 0.3) is 0 Å². The molecule has 0 spiro atoms. The Balaban J connectivity index is 2.45. The Hall–Kier alpha value is -1.38. The number of rotatable bonds is 3. The largest absolute Gasteiger partial charge is 0.481 e. The van der Waals surface area contributed by atoms with Crippen molar-refractivity contribution in [2.75, 3.05) is 0 Å². The summed E-state index contributed by atoms with van der Waals surface area (Å²) in [5.41, 5.74) is 0.829. The second-order valence-corrected chi connectivity index (χ2v) is 2.21. The average Bonchev–Trinajstić information content (AvgIpc) is 2.03. The Bertz CT molecular complexity index is 233. The fraction of sp³-hybridized carbons (Fsp3) is 0.250. The van der Waals surface area contributed by atoms with Crippen molar-refractivity contribution in [2.24, 2.45) is 0 Å². The first-order valence-electron chi connectivity index (χ1n) is 3.41. The number of nitrogens with zero attached hydrogens (tertiary/aromatic N) is 1. The summed E-state index contributed by atoms with van der Waals surface area (Å²) in [7, 11) is 0. The van der Waals surface area contributed by atoms with Crippen LogP contribution in [0.25, 0.3) is 0 Å². The fourth-order valence-electron chi connectivity index (χ4n) is 0.781. The van der Waals surface area contributed by atoms with Gasteiger partial charge >= 0.3 is 5.97 Å². The van der Waals surface area contributed by atoms with Gasteiger partial charge in [0.1, 0.15) is 0 Å². The molecule has 11 heavy (non-hydrogen) atoms. The van der Waals surface area contributed by atoms with Gasteiger partial charge in [-0.3, -0.25) is 9.78 Å². The minimum absolute atomic E-state index is 0.150. The predicted octanol–water partition coefficient (Wildman–Crippen LogP) is 1.10. The van der Waals surface area contributed by atoms with E-state index in [1.54, 1.807) is 6.20 Å². The van der Waals surface area contributed by atoms with Crippen LogP contribution in [0.2, 0.25) is 0 Å². The third kappa shape index (κ3) is 2.80. The Morgan fingerprint density at radius 1 is 1.55 bits per heavy atom. The Morgan fingerprint density at radius 3 is 2.91 bits per heavy atom. The number of carbonyl (C=O) groups is 1. The first-order chi connectivity index (χ1) is 5.29. The zero-order chi connectivity index (χ0) is 8.10. The molecule has 0 radical (unpaired) electrons. The summed E-state index contributed by atoms with van der Waals surface area (Å²) in [5, 5.41) is 8.35. The monoisotopic (exact) mass is 151 g/mol. The molecular formula is C8H9NO2. The zero-order valence-electron chi connectivity index (χ0n) is 6.03. The van der Waals surface area contributed by atoms with Crippen molar-refractivity contribution in [3.05, 3.63) is 30.1 Å². The van der Waals surface area contributed by atoms with Crippen LogP contribution in [0.4, 0.5) is 0 Å². The van der Waals surface area contributed by atoms with Gasteiger partial charge in [-0.2, -0.15) is 0 Å². The summed E-state index contributed by atoms with van der Waals surface area (Å²) in [6.07, 6.45) is 2.32. The van der Waals surface area contributed by atoms with Crippen LogP contribution in [-0.4, -0.2) is 16.1 Å². The van der Waals surface area contributed by atoms with Crippen molar-refractivity contribution in [1.29, 1.82) is 0 Å². The maximum Gasteiger partial charge on any atom is 0.303 e. The van der Waals surface area contributed by atoms with Crippen LogP contribution >= 0.6 is 0 Å². The minimum Gasteiger partial charge on any atom is -0.481 e. The lowest BCUT2D eigenvalue weighted by Crippen LogP contribution is -1.98. The number of carboxylic acids is 1. The van der Waals surface area contributed by atoms with Crippen molar-refractivity contribution in [2.45, 2.75) is 12.8 Å². The summed E-state index contributed by atoms with van der Waals surface area (Å²) in [4.78, 5) is 14.1. The van der Waals surface area contributed by atoms with E-state index in [0.29, 0.717) is 6.42 Å². The van der Waals surface area contributed by atoms with E-state index in [1.807, 2.05) is 18.2 Å². The van der Waals surface area contributed by atoms with Crippen LogP contribution in [0.5, 0.6) is 0 Å². The van der Waals surface area contributed by atoms with E-state index in [-0.39, 0.29) is 6.42 Å². The molecule has 0 fully saturated rings. The first-order valence-corrected chi connectivity index (χ1v) is 3.41. The standard InChI is InChI=1S/C8H9NO2/c10-8(11)5-4-7-3-1-2-6-9-7/h1-3,6H,4-5H2,(H,10,11). The van der Waals surface area contributed by atoms with Gasteiger partial charge in [0.15, 0.2) is 0 Å². The van der Waals surface area contributed by atoms with Crippen molar-refractivity contribution in [1.82, 2.24) is 4.98 Å². The zero-order valence-corrected chi connectivity index (χ0v) is 6.03. The van der Waals surface area contributed by atoms with Gasteiger partial charge in [0.2, 0.25) is 0 Å². The van der Waals surface area contributed by atoms with Crippen molar-refractivity contribution >= 4 is 5.97 Å². The van der Waals surface area contributed by atoms with Crippen LogP contribution in [0.1, 0.15) is 12.1 Å². The summed E-state index contributed by atoms with van der Waals surface area (Å²) in [5.74, 6) is -0.782. The van der Waals surface area contributed by atoms with Gasteiger partial charge in [0.05, 0.1) is 6.42 Å². The third-order valence-corrected chi connectivity index (χ3v) is 1.32. The maximum atomic E-state index is 10.1. The molecule has 1 heterocycles. The molecule has 0 saturated heterocycles. The second-order valence-electron chi connectivity index (χ2n) is 2.21. The Kier molecular flexibility index (Phi) is 2.60. The number of carboxylic acid groups (broad SMARTS) is 1. The lowest BCUT2D eigenvalue weighted by Gasteiger charge is -1.94. The lowest BCUT2D eigenvalue weighted by atomic mass is 10.2. The van der Waals surface area contributed by atoms with E-state index in [0.717, 1.165) is 5.69 Å². The molecule has 1 N–H and O–H groups in total. The van der Waals surface area contributed by atoms with Gasteiger partial charge < -0.3 is 5.11 Å². The summed E-state index contributed by atoms with van der Waals surface area (Å²) in [6, 6.07) is 5.48. The first kappa shape index (κ1) is 7.72. The maximum absolute atomic E-state index is 10.1. The molecule has 0 aliphatic rings. The molecule has 1 rings (SSSR count). The number of aromatic nitrogens is 1. The van der Waals surface area contributed by atoms with Crippen LogP contribution in [-0.2, 0) is 11.2 Å². The van der Waals surface area contributed by atoms with Crippen LogP contribution in [0.15, 0.2) is 24.4 Å². The second kappa shape index (κ2) is 3.71. The van der Waals surface area contributed by atoms with Gasteiger partial charge in [-0.1, -0.05) is 6.07 Å². The van der Waals surface area contributed by atoms with Crippen molar-refractivity contribution < 1.29 is 9.90 Å². The quantitative estimate of drug-likeness (QED) is 0.703. The molecule has 0 aliphatic heterocycles. The molecule has 0 aliphatic carbocycles. The van der Waals surface area contributed by atoms with E-state index in [2.05, 4.69) is 4.98 Å². The minimum atomic E-state index is -0.782. The van der Waals surface area contributed by atoms with E-state index in [9.17, 15) is 4.79 Å². The summed E-state index contributed by atoms with van der Waals surface area (Å²) < 4.78 is 0. The highest BCUT2D eigenvalue weighted by molar-refractivity contribution is 5.66. The number of hydrogen-bond donors (Lipinski definition) is 1. The molecule has 0 amide bonds. The number of pyridine rings is 1. The molecule has 0 aromatic carbocycles. The average molecular weight is 151 g/mol. The van der Waals surface area contributed by atoms with Gasteiger partial charge in [-0.05, 0) is 12.1 Å². The topological polar surface area (TPSA) is 50.2 Å². The lowest BCUT2D eigenvalue weighted by molar-refractivity contribution is -0.136. The molecule has 58 valence electrons. The molecule has 0 saturated carbocycles. The Labute approximate surface area is 64.7 Å². The predicted molar refractivity (Wildman–Crippen MR) is 40.2 cm³/mol. The molecular weight excluding hydrogens is 142 g/mol. The van der Waals surface area contributed by atoms with Gasteiger partial charge in [-0.25, -0.2) is 0 Å². The molecule has 1 aromatic rings. The van der Waals surface area contributed by atoms with Crippen molar-refractivity contribution in [3.63, 3.8) is 0 Å². The van der Waals surface area contributed by atoms with Gasteiger partial charge in [0, 0.05) is 18.3 Å². The molecule has 3 nitrogen and oxygen atoms in total. The number of aryl methyl sites for hydroxylation is 1. The molecule has 0 unspecified atom stereocenters. The highest BCUT2D eigenvalue weighted by Crippen LogP contribution is 1.97. The fourth-order valence-corrected chi connectivity index (χ4v) is 0.781. The smallest absolute Gasteiger partial charge is 0.303 e. The number of hydrogen-bond acceptors (Lipinski definition) is 2. The van der Waals surface area contributed by atoms with E-state index >= 15 is 0 Å². The Morgan fingerprint density at radius 2 is 2.36 bits per heavy atom. The highest BCUT2D eigenvalue weighted by atomic mass is 16.4. The number of aliphatic carboxylic acids is 1. The third-order valence-electron chi connectivity index (χ3n) is 1.32. The summed E-state index contributed by atoms with van der Waals surface area (Å²) >= 11 is 0. The van der Waals surface area contributed by atoms with E-state index in [1.165, 1.54) is 0 Å². The van der Waals surface area contributed by atoms with E-state index < -0.39 is 5.97 Å². The molecule has 0 bridgehead atoms. The summed E-state index contributed by atoms with van der Waals surface area (Å²) in [6.45, 7) is 0. The highest BCUT2D eigenvalue weighted by Gasteiger charge is 1.97.